The average Bonchev–Trinajstić information content (AvgIpc) is 4.00. The lowest BCUT2D eigenvalue weighted by molar-refractivity contribution is 0.273. The second-order valence-corrected chi connectivity index (χ2v) is 18.1. The van der Waals surface area contributed by atoms with Gasteiger partial charge in [-0.25, -0.2) is 0 Å². The van der Waals surface area contributed by atoms with Crippen molar-refractivity contribution in [2.24, 2.45) is 35.5 Å². The molecule has 1 fully saturated rings. The lowest BCUT2D eigenvalue weighted by atomic mass is 9.65. The monoisotopic (exact) mass is 705 g/mol. The second kappa shape index (κ2) is 13.0. The Labute approximate surface area is 322 Å². The fraction of sp³-hybridized carbons (Fsp3) is 0.358. The van der Waals surface area contributed by atoms with Crippen molar-refractivity contribution in [1.82, 2.24) is 0 Å². The van der Waals surface area contributed by atoms with Crippen LogP contribution in [0.1, 0.15) is 89.8 Å². The molecule has 0 N–H and O–H groups in total. The first-order chi connectivity index (χ1) is 26.3. The smallest absolute Gasteiger partial charge is 0.0573 e. The predicted molar refractivity (Wildman–Crippen MR) is 231 cm³/mol. The summed E-state index contributed by atoms with van der Waals surface area (Å²) >= 11 is 0. The molecule has 6 aliphatic rings. The molecule has 1 saturated carbocycles. The molecule has 4 aromatic carbocycles. The quantitative estimate of drug-likeness (QED) is 0.185. The number of hydrogen-bond acceptors (Lipinski definition) is 1. The maximum atomic E-state index is 2.79. The third-order valence-corrected chi connectivity index (χ3v) is 14.2. The van der Waals surface area contributed by atoms with E-state index in [0.717, 1.165) is 37.5 Å². The van der Waals surface area contributed by atoms with E-state index in [1.54, 1.807) is 16.7 Å². The second-order valence-electron chi connectivity index (χ2n) is 18.1. The van der Waals surface area contributed by atoms with Crippen LogP contribution in [0.3, 0.4) is 0 Å². The fourth-order valence-electron chi connectivity index (χ4n) is 11.7. The Morgan fingerprint density at radius 1 is 0.759 bits per heavy atom. The van der Waals surface area contributed by atoms with E-state index in [-0.39, 0.29) is 11.5 Å². The summed E-state index contributed by atoms with van der Waals surface area (Å²) in [5, 5.41) is 5.74. The highest BCUT2D eigenvalue weighted by Crippen LogP contribution is 2.60. The molecule has 5 atom stereocenters. The molecule has 272 valence electrons. The molecule has 0 aromatic heterocycles. The van der Waals surface area contributed by atoms with E-state index in [1.807, 2.05) is 0 Å². The first-order valence-corrected chi connectivity index (χ1v) is 21.0. The molecule has 6 aliphatic carbocycles. The van der Waals surface area contributed by atoms with Gasteiger partial charge in [0.15, 0.2) is 0 Å². The van der Waals surface area contributed by atoms with Crippen LogP contribution in [0.15, 0.2) is 126 Å². The van der Waals surface area contributed by atoms with E-state index in [4.69, 9.17) is 0 Å². The molecule has 10 rings (SSSR count). The van der Waals surface area contributed by atoms with Gasteiger partial charge in [0.25, 0.3) is 0 Å². The highest BCUT2D eigenvalue weighted by molar-refractivity contribution is 6.06. The van der Waals surface area contributed by atoms with Crippen LogP contribution in [0.5, 0.6) is 0 Å². The van der Waals surface area contributed by atoms with Crippen molar-refractivity contribution in [3.63, 3.8) is 0 Å². The number of allylic oxidation sites excluding steroid dienone is 8. The van der Waals surface area contributed by atoms with Crippen molar-refractivity contribution >= 4 is 45.4 Å². The molecule has 0 aliphatic heterocycles. The van der Waals surface area contributed by atoms with Crippen LogP contribution in [0.25, 0.3) is 34.1 Å². The number of benzene rings is 4. The lowest BCUT2D eigenvalue weighted by Crippen LogP contribution is -2.42. The van der Waals surface area contributed by atoms with Gasteiger partial charge in [0.2, 0.25) is 0 Å². The predicted octanol–water partition coefficient (Wildman–Crippen LogP) is 12.2. The van der Waals surface area contributed by atoms with E-state index in [1.165, 1.54) is 67.7 Å². The van der Waals surface area contributed by atoms with Crippen LogP contribution in [0, 0.1) is 35.5 Å². The molecular weight excluding hydrogens is 651 g/mol. The normalized spacial score (nSPS) is 25.5. The molecular formula is C53H55N. The van der Waals surface area contributed by atoms with Gasteiger partial charge in [-0.15, -0.1) is 0 Å². The Morgan fingerprint density at radius 3 is 2.28 bits per heavy atom. The van der Waals surface area contributed by atoms with Gasteiger partial charge in [0.1, 0.15) is 0 Å². The SMILES string of the molecule is CC1CC=CC2=C3c4ccccc4C(C)(C)C3CC(c3c4c(c(N(c5ccccc5)C5C=CC=CC5)c5ccccc35)=CC(C(C(C)C)C3CC3)CC=4)=C21. The van der Waals surface area contributed by atoms with Gasteiger partial charge in [-0.2, -0.15) is 0 Å². The van der Waals surface area contributed by atoms with Crippen molar-refractivity contribution in [3.8, 4) is 0 Å². The fourth-order valence-corrected chi connectivity index (χ4v) is 11.7. The number of fused-ring (bicyclic) bond motifs is 6. The number of anilines is 2. The molecule has 0 spiro atoms. The molecule has 1 heteroatoms. The van der Waals surface area contributed by atoms with Gasteiger partial charge in [-0.3, -0.25) is 0 Å². The van der Waals surface area contributed by atoms with E-state index < -0.39 is 0 Å². The summed E-state index contributed by atoms with van der Waals surface area (Å²) in [6.07, 6.45) is 26.8. The Kier molecular flexibility index (Phi) is 8.17. The van der Waals surface area contributed by atoms with E-state index in [0.29, 0.717) is 23.7 Å². The molecule has 0 amide bonds. The van der Waals surface area contributed by atoms with Crippen LogP contribution < -0.4 is 15.3 Å². The number of hydrogen-bond donors (Lipinski definition) is 0. The number of nitrogens with zero attached hydrogens (tertiary/aromatic N) is 1. The third kappa shape index (κ3) is 5.25. The van der Waals surface area contributed by atoms with Crippen molar-refractivity contribution in [1.29, 1.82) is 0 Å². The average molecular weight is 706 g/mol. The zero-order valence-electron chi connectivity index (χ0n) is 32.9. The summed E-state index contributed by atoms with van der Waals surface area (Å²) < 4.78 is 0. The molecule has 0 saturated heterocycles. The minimum Gasteiger partial charge on any atom is -0.333 e. The summed E-state index contributed by atoms with van der Waals surface area (Å²) in [6, 6.07) is 30.3. The molecule has 0 radical (unpaired) electrons. The van der Waals surface area contributed by atoms with Crippen LogP contribution >= 0.6 is 0 Å². The van der Waals surface area contributed by atoms with Crippen LogP contribution in [-0.2, 0) is 5.41 Å². The maximum Gasteiger partial charge on any atom is 0.0573 e. The molecule has 0 bridgehead atoms. The van der Waals surface area contributed by atoms with Crippen LogP contribution in [-0.4, -0.2) is 6.04 Å². The van der Waals surface area contributed by atoms with Crippen molar-refractivity contribution in [2.45, 2.75) is 84.6 Å². The Hall–Kier alpha value is -4.62. The van der Waals surface area contributed by atoms with Crippen molar-refractivity contribution < 1.29 is 0 Å². The van der Waals surface area contributed by atoms with Gasteiger partial charge >= 0.3 is 0 Å². The van der Waals surface area contributed by atoms with E-state index in [2.05, 4.69) is 167 Å². The lowest BCUT2D eigenvalue weighted by Gasteiger charge is -2.39. The van der Waals surface area contributed by atoms with Gasteiger partial charge in [0.05, 0.1) is 11.7 Å². The zero-order valence-corrected chi connectivity index (χ0v) is 32.9. The maximum absolute atomic E-state index is 2.79. The van der Waals surface area contributed by atoms with E-state index >= 15 is 0 Å². The van der Waals surface area contributed by atoms with Crippen LogP contribution in [0.2, 0.25) is 0 Å². The third-order valence-electron chi connectivity index (χ3n) is 14.2. The summed E-state index contributed by atoms with van der Waals surface area (Å²) in [5.74, 6) is 3.70. The van der Waals surface area contributed by atoms with Gasteiger partial charge in [0, 0.05) is 16.3 Å². The summed E-state index contributed by atoms with van der Waals surface area (Å²) in [5.41, 5.74) is 13.5. The Morgan fingerprint density at radius 2 is 1.52 bits per heavy atom. The van der Waals surface area contributed by atoms with Gasteiger partial charge in [-0.05, 0) is 141 Å². The Balaban J connectivity index is 1.31. The van der Waals surface area contributed by atoms with Crippen molar-refractivity contribution in [3.05, 3.63) is 154 Å². The molecule has 0 heterocycles. The molecule has 4 aromatic rings. The first kappa shape index (κ1) is 33.9. The zero-order chi connectivity index (χ0) is 36.7. The first-order valence-electron chi connectivity index (χ1n) is 21.0. The van der Waals surface area contributed by atoms with Gasteiger partial charge < -0.3 is 4.90 Å². The minimum atomic E-state index is 0.0562. The minimum absolute atomic E-state index is 0.0562. The highest BCUT2D eigenvalue weighted by Gasteiger charge is 2.48. The highest BCUT2D eigenvalue weighted by atomic mass is 15.2. The molecule has 5 unspecified atom stereocenters. The summed E-state index contributed by atoms with van der Waals surface area (Å²) in [7, 11) is 0. The van der Waals surface area contributed by atoms with Crippen LogP contribution in [0.4, 0.5) is 11.4 Å². The van der Waals surface area contributed by atoms with Gasteiger partial charge in [-0.1, -0.05) is 150 Å². The number of para-hydroxylation sites is 1. The summed E-state index contributed by atoms with van der Waals surface area (Å²) in [6.45, 7) is 12.5. The van der Waals surface area contributed by atoms with E-state index in [9.17, 15) is 0 Å². The standard InChI is InChI=1S/C53H55N/c1-33(2)48(35-27-28-35)36-29-30-40-44(31-36)52(54(37-18-8-6-9-19-37)38-20-10-7-11-21-38)41-23-13-12-22-39(41)50(40)45-32-47-51(43-25-16-17-34(3)49(43)45)42-24-14-15-26-46(42)53(47,4)5/h6-16,18-20,22-26,30-31,33-36,38,47-48H,17,21,27-29,32H2,1-5H3. The number of rotatable bonds is 7. The molecule has 1 nitrogen and oxygen atoms in total. The topological polar surface area (TPSA) is 3.24 Å². The largest absolute Gasteiger partial charge is 0.333 e. The molecule has 54 heavy (non-hydrogen) atoms. The Bertz CT molecular complexity index is 2440. The van der Waals surface area contributed by atoms with Crippen molar-refractivity contribution in [2.75, 3.05) is 4.90 Å². The summed E-state index contributed by atoms with van der Waals surface area (Å²) in [4.78, 5) is 2.70.